The van der Waals surface area contributed by atoms with Gasteiger partial charge in [-0.25, -0.2) is 0 Å². The van der Waals surface area contributed by atoms with E-state index in [1.165, 1.54) is 0 Å². The molecule has 1 unspecified atom stereocenters. The summed E-state index contributed by atoms with van der Waals surface area (Å²) in [6.07, 6.45) is 3.31. The summed E-state index contributed by atoms with van der Waals surface area (Å²) in [5.74, 6) is -0.142. The van der Waals surface area contributed by atoms with Crippen LogP contribution in [0.3, 0.4) is 0 Å². The number of fused-ring (bicyclic) bond motifs is 3. The van der Waals surface area contributed by atoms with Gasteiger partial charge in [-0.1, -0.05) is 30.3 Å². The second-order valence-electron chi connectivity index (χ2n) is 9.56. The largest absolute Gasteiger partial charge is 0.381 e. The fourth-order valence-electron chi connectivity index (χ4n) is 4.97. The molecule has 0 saturated carbocycles. The van der Waals surface area contributed by atoms with Gasteiger partial charge in [0.15, 0.2) is 0 Å². The lowest BCUT2D eigenvalue weighted by atomic mass is 10.0. The molecule has 0 radical (unpaired) electrons. The molecule has 1 amide bonds. The van der Waals surface area contributed by atoms with Gasteiger partial charge in [0.1, 0.15) is 0 Å². The highest BCUT2D eigenvalue weighted by atomic mass is 16.5. The van der Waals surface area contributed by atoms with Crippen molar-refractivity contribution in [1.82, 2.24) is 25.0 Å². The number of ether oxygens (including phenoxy) is 1. The number of hydrogen-bond donors (Lipinski definition) is 2. The fraction of sp³-hybridized carbons (Fsp3) is 0.370. The van der Waals surface area contributed by atoms with Crippen molar-refractivity contribution in [2.75, 3.05) is 33.9 Å². The molecule has 1 aliphatic rings. The third-order valence-electron chi connectivity index (χ3n) is 6.74. The lowest BCUT2D eigenvalue weighted by Gasteiger charge is -2.24. The molecule has 1 atom stereocenters. The summed E-state index contributed by atoms with van der Waals surface area (Å²) in [4.78, 5) is 31.4. The molecular weight excluding hydrogens is 442 g/mol. The van der Waals surface area contributed by atoms with Crippen LogP contribution in [0.1, 0.15) is 46.4 Å². The molecule has 35 heavy (non-hydrogen) atoms. The summed E-state index contributed by atoms with van der Waals surface area (Å²) in [7, 11) is 3.99. The Morgan fingerprint density at radius 2 is 1.94 bits per heavy atom. The summed E-state index contributed by atoms with van der Waals surface area (Å²) < 4.78 is 7.47. The van der Waals surface area contributed by atoms with Crippen LogP contribution in [0.2, 0.25) is 0 Å². The van der Waals surface area contributed by atoms with Crippen LogP contribution in [-0.4, -0.2) is 59.4 Å². The smallest absolute Gasteiger partial charge is 0.259 e. The van der Waals surface area contributed by atoms with Gasteiger partial charge in [0.25, 0.3) is 11.5 Å². The van der Waals surface area contributed by atoms with E-state index in [-0.39, 0.29) is 23.6 Å². The van der Waals surface area contributed by atoms with Crippen LogP contribution in [-0.2, 0) is 4.74 Å². The molecule has 2 aromatic carbocycles. The van der Waals surface area contributed by atoms with Gasteiger partial charge in [-0.2, -0.15) is 5.10 Å². The first kappa shape index (κ1) is 23.3. The number of aromatic nitrogens is 3. The van der Waals surface area contributed by atoms with E-state index >= 15 is 0 Å². The molecule has 1 aliphatic heterocycles. The average Bonchev–Trinajstić information content (AvgIpc) is 3.30. The molecule has 2 aromatic heterocycles. The van der Waals surface area contributed by atoms with Crippen molar-refractivity contribution in [3.05, 3.63) is 75.7 Å². The van der Waals surface area contributed by atoms with Gasteiger partial charge in [0.2, 0.25) is 0 Å². The van der Waals surface area contributed by atoms with Crippen molar-refractivity contribution in [3.63, 3.8) is 0 Å². The molecule has 0 bridgehead atoms. The van der Waals surface area contributed by atoms with E-state index in [4.69, 9.17) is 4.74 Å². The SMILES string of the molecule is Cc1cc2[nH]c(=O)c3cnn(C4CCOCC4)c3c2cc1C(=O)NC(CN(C)C)c1ccccc1. The zero-order valence-electron chi connectivity index (χ0n) is 20.4. The van der Waals surface area contributed by atoms with Crippen molar-refractivity contribution in [2.45, 2.75) is 31.8 Å². The predicted octanol–water partition coefficient (Wildman–Crippen LogP) is 3.57. The Balaban J connectivity index is 1.58. The van der Waals surface area contributed by atoms with E-state index in [1.54, 1.807) is 6.20 Å². The minimum atomic E-state index is -0.169. The molecule has 182 valence electrons. The second kappa shape index (κ2) is 9.64. The van der Waals surface area contributed by atoms with Gasteiger partial charge in [0.05, 0.1) is 34.7 Å². The first-order valence-electron chi connectivity index (χ1n) is 12.0. The Morgan fingerprint density at radius 1 is 1.20 bits per heavy atom. The van der Waals surface area contributed by atoms with E-state index < -0.39 is 0 Å². The van der Waals surface area contributed by atoms with E-state index in [2.05, 4.69) is 20.3 Å². The number of rotatable bonds is 6. The normalized spacial score (nSPS) is 15.7. The van der Waals surface area contributed by atoms with E-state index in [9.17, 15) is 9.59 Å². The standard InChI is InChI=1S/C27H31N5O3/c1-17-13-23-21(25-22(27(34)29-23)15-28-32(25)19-9-11-35-12-10-19)14-20(17)26(33)30-24(16-31(2)3)18-7-5-4-6-8-18/h4-8,13-15,19,24H,9-12,16H2,1-3H3,(H,29,34)(H,30,33). The molecule has 4 aromatic rings. The maximum absolute atomic E-state index is 13.6. The highest BCUT2D eigenvalue weighted by Crippen LogP contribution is 2.30. The lowest BCUT2D eigenvalue weighted by molar-refractivity contribution is 0.0675. The van der Waals surface area contributed by atoms with Gasteiger partial charge < -0.3 is 19.9 Å². The Bertz CT molecular complexity index is 1420. The fourth-order valence-corrected chi connectivity index (χ4v) is 4.97. The van der Waals surface area contributed by atoms with Gasteiger partial charge in [-0.3, -0.25) is 14.3 Å². The summed E-state index contributed by atoms with van der Waals surface area (Å²) in [6.45, 7) is 3.92. The van der Waals surface area contributed by atoms with Crippen LogP contribution < -0.4 is 10.9 Å². The molecule has 3 heterocycles. The maximum atomic E-state index is 13.6. The number of amides is 1. The third kappa shape index (κ3) is 4.59. The first-order chi connectivity index (χ1) is 16.9. The molecule has 1 saturated heterocycles. The van der Waals surface area contributed by atoms with Crippen molar-refractivity contribution in [3.8, 4) is 0 Å². The number of likely N-dealkylation sites (N-methyl/N-ethyl adjacent to an activating group) is 1. The Labute approximate surface area is 203 Å². The number of hydrogen-bond acceptors (Lipinski definition) is 5. The van der Waals surface area contributed by atoms with E-state index in [0.717, 1.165) is 34.9 Å². The van der Waals surface area contributed by atoms with Crippen LogP contribution >= 0.6 is 0 Å². The zero-order valence-corrected chi connectivity index (χ0v) is 20.4. The van der Waals surface area contributed by atoms with Crippen LogP contribution in [0.25, 0.3) is 21.8 Å². The topological polar surface area (TPSA) is 92.2 Å². The molecule has 5 rings (SSSR count). The van der Waals surface area contributed by atoms with Crippen LogP contribution in [0.4, 0.5) is 0 Å². The monoisotopic (exact) mass is 473 g/mol. The van der Waals surface area contributed by atoms with Crippen molar-refractivity contribution < 1.29 is 9.53 Å². The summed E-state index contributed by atoms with van der Waals surface area (Å²) in [5.41, 5.74) is 3.76. The highest BCUT2D eigenvalue weighted by Gasteiger charge is 2.23. The molecule has 2 N–H and O–H groups in total. The Hall–Kier alpha value is -3.49. The highest BCUT2D eigenvalue weighted by molar-refractivity contribution is 6.07. The van der Waals surface area contributed by atoms with Gasteiger partial charge in [-0.15, -0.1) is 0 Å². The molecular formula is C27H31N5O3. The lowest BCUT2D eigenvalue weighted by Crippen LogP contribution is -2.35. The van der Waals surface area contributed by atoms with Gasteiger partial charge in [0, 0.05) is 30.7 Å². The number of H-pyrrole nitrogens is 1. The number of aromatic amines is 1. The number of carbonyl (C=O) groups excluding carboxylic acids is 1. The quantitative estimate of drug-likeness (QED) is 0.447. The maximum Gasteiger partial charge on any atom is 0.259 e. The van der Waals surface area contributed by atoms with E-state index in [1.807, 2.05) is 68.2 Å². The third-order valence-corrected chi connectivity index (χ3v) is 6.74. The Morgan fingerprint density at radius 3 is 2.66 bits per heavy atom. The van der Waals surface area contributed by atoms with Crippen LogP contribution in [0.5, 0.6) is 0 Å². The number of benzene rings is 2. The summed E-state index contributed by atoms with van der Waals surface area (Å²) in [6, 6.07) is 13.8. The molecule has 0 aliphatic carbocycles. The molecule has 1 fully saturated rings. The Kier molecular flexibility index (Phi) is 6.40. The molecule has 8 heteroatoms. The molecule has 0 spiro atoms. The summed E-state index contributed by atoms with van der Waals surface area (Å²) in [5, 5.41) is 9.17. The second-order valence-corrected chi connectivity index (χ2v) is 9.56. The predicted molar refractivity (Wildman–Crippen MR) is 137 cm³/mol. The van der Waals surface area contributed by atoms with E-state index in [0.29, 0.717) is 36.2 Å². The number of aryl methyl sites for hydroxylation is 1. The van der Waals surface area contributed by atoms with Crippen molar-refractivity contribution in [2.24, 2.45) is 0 Å². The van der Waals surface area contributed by atoms with Gasteiger partial charge >= 0.3 is 0 Å². The van der Waals surface area contributed by atoms with Crippen LogP contribution in [0.15, 0.2) is 53.5 Å². The number of nitrogens with zero attached hydrogens (tertiary/aromatic N) is 3. The molecule has 8 nitrogen and oxygen atoms in total. The minimum absolute atomic E-state index is 0.142. The van der Waals surface area contributed by atoms with Gasteiger partial charge in [-0.05, 0) is 57.1 Å². The number of pyridine rings is 1. The zero-order chi connectivity index (χ0) is 24.5. The number of carbonyl (C=O) groups is 1. The first-order valence-corrected chi connectivity index (χ1v) is 12.0. The minimum Gasteiger partial charge on any atom is -0.381 e. The van der Waals surface area contributed by atoms with Crippen LogP contribution in [0, 0.1) is 6.92 Å². The van der Waals surface area contributed by atoms with Crippen molar-refractivity contribution >= 4 is 27.7 Å². The van der Waals surface area contributed by atoms with Crippen molar-refractivity contribution in [1.29, 1.82) is 0 Å². The average molecular weight is 474 g/mol. The summed E-state index contributed by atoms with van der Waals surface area (Å²) >= 11 is 0. The number of nitrogens with one attached hydrogen (secondary N) is 2.